The van der Waals surface area contributed by atoms with Crippen molar-refractivity contribution >= 4 is 23.8 Å². The maximum absolute atomic E-state index is 10.5. The predicted octanol–water partition coefficient (Wildman–Crippen LogP) is 2.30. The van der Waals surface area contributed by atoms with Gasteiger partial charge in [0.2, 0.25) is 0 Å². The lowest BCUT2D eigenvalue weighted by Crippen LogP contribution is -2.01. The molecule has 15 heavy (non-hydrogen) atoms. The van der Waals surface area contributed by atoms with E-state index in [4.69, 9.17) is 0 Å². The van der Waals surface area contributed by atoms with Crippen molar-refractivity contribution in [3.63, 3.8) is 0 Å². The second-order valence-electron chi connectivity index (χ2n) is 3.38. The molecule has 1 aliphatic carbocycles. The average molecular weight is 231 g/mol. The molecule has 0 heterocycles. The molecule has 0 spiro atoms. The zero-order valence-electron chi connectivity index (χ0n) is 7.84. The Morgan fingerprint density at radius 3 is 2.67 bits per heavy atom. The molecule has 1 fully saturated rings. The van der Waals surface area contributed by atoms with E-state index in [1.165, 1.54) is 12.1 Å². The Morgan fingerprint density at radius 1 is 1.47 bits per heavy atom. The van der Waals surface area contributed by atoms with Gasteiger partial charge in [-0.05, 0) is 25.0 Å². The SMILES string of the molecule is Cl.O=[N+]([O-])c1cc(NC2CC2)ccc1O. The van der Waals surface area contributed by atoms with E-state index < -0.39 is 4.92 Å². The van der Waals surface area contributed by atoms with Crippen LogP contribution in [0.1, 0.15) is 12.8 Å². The number of hydrogen-bond donors (Lipinski definition) is 2. The monoisotopic (exact) mass is 230 g/mol. The summed E-state index contributed by atoms with van der Waals surface area (Å²) in [4.78, 5) is 9.90. The van der Waals surface area contributed by atoms with Crippen molar-refractivity contribution in [2.75, 3.05) is 5.32 Å². The summed E-state index contributed by atoms with van der Waals surface area (Å²) in [5.41, 5.74) is 0.438. The molecule has 82 valence electrons. The van der Waals surface area contributed by atoms with Gasteiger partial charge in [0.05, 0.1) is 4.92 Å². The van der Waals surface area contributed by atoms with Crippen molar-refractivity contribution in [2.45, 2.75) is 18.9 Å². The van der Waals surface area contributed by atoms with Gasteiger partial charge in [-0.3, -0.25) is 10.1 Å². The zero-order chi connectivity index (χ0) is 10.1. The minimum absolute atomic E-state index is 0. The van der Waals surface area contributed by atoms with E-state index in [0.29, 0.717) is 11.7 Å². The molecule has 1 saturated carbocycles. The maximum atomic E-state index is 10.5. The van der Waals surface area contributed by atoms with E-state index in [1.807, 2.05) is 0 Å². The average Bonchev–Trinajstić information content (AvgIpc) is 2.92. The van der Waals surface area contributed by atoms with Gasteiger partial charge in [0.25, 0.3) is 0 Å². The van der Waals surface area contributed by atoms with Gasteiger partial charge in [-0.25, -0.2) is 0 Å². The standard InChI is InChI=1S/C9H10N2O3.ClH/c12-9-4-3-7(10-6-1-2-6)5-8(9)11(13)14;/h3-6,10,12H,1-2H2;1H. The van der Waals surface area contributed by atoms with Crippen LogP contribution < -0.4 is 5.32 Å². The summed E-state index contributed by atoms with van der Waals surface area (Å²) in [6, 6.07) is 4.77. The molecule has 1 aliphatic rings. The van der Waals surface area contributed by atoms with Gasteiger partial charge in [-0.15, -0.1) is 12.4 Å². The van der Waals surface area contributed by atoms with Gasteiger partial charge in [-0.1, -0.05) is 0 Å². The molecule has 0 bridgehead atoms. The fraction of sp³-hybridized carbons (Fsp3) is 0.333. The van der Waals surface area contributed by atoms with Gasteiger partial charge in [-0.2, -0.15) is 0 Å². The molecule has 0 unspecified atom stereocenters. The normalized spacial score (nSPS) is 14.1. The Balaban J connectivity index is 0.00000112. The summed E-state index contributed by atoms with van der Waals surface area (Å²) in [7, 11) is 0. The third-order valence-corrected chi connectivity index (χ3v) is 2.12. The number of aromatic hydroxyl groups is 1. The molecule has 0 atom stereocenters. The summed E-state index contributed by atoms with van der Waals surface area (Å²) in [6.07, 6.45) is 2.21. The van der Waals surface area contributed by atoms with Crippen LogP contribution in [0.15, 0.2) is 18.2 Å². The third-order valence-electron chi connectivity index (χ3n) is 2.12. The Kier molecular flexibility index (Phi) is 3.36. The number of phenolic OH excluding ortho intramolecular Hbond substituents is 1. The molecule has 1 aromatic carbocycles. The van der Waals surface area contributed by atoms with Crippen LogP contribution in [-0.4, -0.2) is 16.1 Å². The molecule has 0 aromatic heterocycles. The summed E-state index contributed by atoms with van der Waals surface area (Å²) < 4.78 is 0. The van der Waals surface area contributed by atoms with Crippen LogP contribution in [0.4, 0.5) is 11.4 Å². The lowest BCUT2D eigenvalue weighted by Gasteiger charge is -2.04. The number of hydrogen-bond acceptors (Lipinski definition) is 4. The van der Waals surface area contributed by atoms with E-state index in [0.717, 1.165) is 12.8 Å². The smallest absolute Gasteiger partial charge is 0.312 e. The fourth-order valence-corrected chi connectivity index (χ4v) is 1.22. The second-order valence-corrected chi connectivity index (χ2v) is 3.38. The van der Waals surface area contributed by atoms with Crippen LogP contribution in [0, 0.1) is 10.1 Å². The van der Waals surface area contributed by atoms with Gasteiger partial charge in [0.1, 0.15) is 0 Å². The van der Waals surface area contributed by atoms with Crippen LogP contribution in [-0.2, 0) is 0 Å². The fourth-order valence-electron chi connectivity index (χ4n) is 1.22. The van der Waals surface area contributed by atoms with Crippen molar-refractivity contribution < 1.29 is 10.0 Å². The zero-order valence-corrected chi connectivity index (χ0v) is 8.66. The van der Waals surface area contributed by atoms with Gasteiger partial charge >= 0.3 is 5.69 Å². The minimum Gasteiger partial charge on any atom is -0.502 e. The summed E-state index contributed by atoms with van der Waals surface area (Å²) >= 11 is 0. The van der Waals surface area contributed by atoms with Crippen LogP contribution >= 0.6 is 12.4 Å². The lowest BCUT2D eigenvalue weighted by atomic mass is 10.2. The molecular weight excluding hydrogens is 220 g/mol. The van der Waals surface area contributed by atoms with E-state index in [2.05, 4.69) is 5.32 Å². The number of benzene rings is 1. The Labute approximate surface area is 92.7 Å². The first-order chi connectivity index (χ1) is 6.66. The van der Waals surface area contributed by atoms with Crippen molar-refractivity contribution in [1.29, 1.82) is 0 Å². The van der Waals surface area contributed by atoms with Crippen molar-refractivity contribution in [1.82, 2.24) is 0 Å². The second kappa shape index (κ2) is 4.35. The molecule has 1 aromatic rings. The Bertz CT molecular complexity index is 380. The number of nitrogens with one attached hydrogen (secondary N) is 1. The van der Waals surface area contributed by atoms with Crippen LogP contribution in [0.5, 0.6) is 5.75 Å². The van der Waals surface area contributed by atoms with Gasteiger partial charge in [0, 0.05) is 17.8 Å². The van der Waals surface area contributed by atoms with Crippen molar-refractivity contribution in [2.24, 2.45) is 0 Å². The van der Waals surface area contributed by atoms with E-state index in [-0.39, 0.29) is 23.8 Å². The van der Waals surface area contributed by atoms with Crippen LogP contribution in [0.3, 0.4) is 0 Å². The number of rotatable bonds is 3. The first kappa shape index (κ1) is 11.6. The highest BCUT2D eigenvalue weighted by Gasteiger charge is 2.22. The molecule has 2 N–H and O–H groups in total. The Morgan fingerprint density at radius 2 is 2.13 bits per heavy atom. The number of anilines is 1. The Hall–Kier alpha value is -1.49. The number of phenols is 1. The van der Waals surface area contributed by atoms with Gasteiger partial charge < -0.3 is 10.4 Å². The summed E-state index contributed by atoms with van der Waals surface area (Å²) in [6.45, 7) is 0. The molecule has 0 saturated heterocycles. The highest BCUT2D eigenvalue weighted by atomic mass is 35.5. The summed E-state index contributed by atoms with van der Waals surface area (Å²) in [5, 5.41) is 22.8. The van der Waals surface area contributed by atoms with Crippen molar-refractivity contribution in [3.8, 4) is 5.75 Å². The number of nitrogens with zero attached hydrogens (tertiary/aromatic N) is 1. The minimum atomic E-state index is -0.590. The molecule has 2 rings (SSSR count). The number of halogens is 1. The first-order valence-electron chi connectivity index (χ1n) is 4.41. The van der Waals surface area contributed by atoms with Crippen LogP contribution in [0.25, 0.3) is 0 Å². The molecule has 0 radical (unpaired) electrons. The molecule has 0 amide bonds. The highest BCUT2D eigenvalue weighted by molar-refractivity contribution is 5.85. The quantitative estimate of drug-likeness (QED) is 0.475. The van der Waals surface area contributed by atoms with E-state index in [1.54, 1.807) is 6.07 Å². The van der Waals surface area contributed by atoms with E-state index in [9.17, 15) is 15.2 Å². The summed E-state index contributed by atoms with van der Waals surface area (Å²) in [5.74, 6) is -0.295. The molecule has 6 heteroatoms. The number of nitro groups is 1. The number of nitro benzene ring substituents is 1. The van der Waals surface area contributed by atoms with Gasteiger partial charge in [0.15, 0.2) is 5.75 Å². The van der Waals surface area contributed by atoms with Crippen LogP contribution in [0.2, 0.25) is 0 Å². The van der Waals surface area contributed by atoms with E-state index >= 15 is 0 Å². The topological polar surface area (TPSA) is 75.4 Å². The highest BCUT2D eigenvalue weighted by Crippen LogP contribution is 2.31. The predicted molar refractivity (Wildman–Crippen MR) is 58.7 cm³/mol. The molecule has 0 aliphatic heterocycles. The largest absolute Gasteiger partial charge is 0.502 e. The molecular formula is C9H11ClN2O3. The maximum Gasteiger partial charge on any atom is 0.312 e. The third kappa shape index (κ3) is 2.73. The lowest BCUT2D eigenvalue weighted by molar-refractivity contribution is -0.385. The van der Waals surface area contributed by atoms with Crippen molar-refractivity contribution in [3.05, 3.63) is 28.3 Å². The first-order valence-corrected chi connectivity index (χ1v) is 4.41. The molecule has 5 nitrogen and oxygen atoms in total.